The van der Waals surface area contributed by atoms with Gasteiger partial charge in [-0.2, -0.15) is 4.98 Å². The molecule has 3 rings (SSSR count). The third-order valence-corrected chi connectivity index (χ3v) is 4.37. The molecule has 1 aromatic heterocycles. The zero-order valence-corrected chi connectivity index (χ0v) is 17.5. The Bertz CT molecular complexity index is 1150. The van der Waals surface area contributed by atoms with E-state index in [1.54, 1.807) is 18.2 Å². The normalized spacial score (nSPS) is 10.4. The minimum Gasteiger partial charge on any atom is -0.493 e. The number of hydrogen-bond acceptors (Lipinski definition) is 9. The van der Waals surface area contributed by atoms with E-state index in [4.69, 9.17) is 25.6 Å². The van der Waals surface area contributed by atoms with Crippen molar-refractivity contribution in [2.24, 2.45) is 0 Å². The van der Waals surface area contributed by atoms with Gasteiger partial charge in [-0.15, -0.1) is 0 Å². The average Bonchev–Trinajstić information content (AvgIpc) is 3.25. The first-order valence-electron chi connectivity index (χ1n) is 9.31. The maximum atomic E-state index is 12.1. The molecule has 0 bridgehead atoms. The molecule has 0 radical (unpaired) electrons. The number of carbonyl (C=O) groups is 2. The van der Waals surface area contributed by atoms with E-state index < -0.39 is 29.0 Å². The Balaban J connectivity index is 1.53. The van der Waals surface area contributed by atoms with Crippen LogP contribution in [0.2, 0.25) is 5.02 Å². The van der Waals surface area contributed by atoms with Gasteiger partial charge in [-0.25, -0.2) is 0 Å². The molecule has 32 heavy (non-hydrogen) atoms. The average molecular weight is 461 g/mol. The van der Waals surface area contributed by atoms with Crippen LogP contribution in [0.25, 0.3) is 11.4 Å². The van der Waals surface area contributed by atoms with Gasteiger partial charge < -0.3 is 19.3 Å². The molecule has 1 N–H and O–H groups in total. The Labute approximate surface area is 186 Å². The Kier molecular flexibility index (Phi) is 7.34. The summed E-state index contributed by atoms with van der Waals surface area (Å²) in [6.45, 7) is 1.55. The van der Waals surface area contributed by atoms with Crippen LogP contribution in [0.3, 0.4) is 0 Å². The molecule has 11 nitrogen and oxygen atoms in total. The first-order chi connectivity index (χ1) is 15.4. The van der Waals surface area contributed by atoms with Crippen LogP contribution in [0.4, 0.5) is 5.69 Å². The van der Waals surface area contributed by atoms with Crippen molar-refractivity contribution >= 4 is 29.2 Å². The number of carbonyl (C=O) groups excluding carboxylic acids is 2. The maximum absolute atomic E-state index is 12.1. The summed E-state index contributed by atoms with van der Waals surface area (Å²) < 4.78 is 15.6. The highest BCUT2D eigenvalue weighted by Gasteiger charge is 2.18. The van der Waals surface area contributed by atoms with Crippen molar-refractivity contribution in [2.75, 3.05) is 13.2 Å². The lowest BCUT2D eigenvalue weighted by Gasteiger charge is -2.06. The number of ether oxygens (including phenoxy) is 2. The number of para-hydroxylation sites is 1. The van der Waals surface area contributed by atoms with E-state index in [1.165, 1.54) is 12.1 Å². The Hall–Kier alpha value is -3.99. The summed E-state index contributed by atoms with van der Waals surface area (Å²) in [5, 5.41) is 17.0. The summed E-state index contributed by atoms with van der Waals surface area (Å²) in [4.78, 5) is 38.4. The van der Waals surface area contributed by atoms with Crippen LogP contribution in [-0.2, 0) is 16.1 Å². The van der Waals surface area contributed by atoms with E-state index >= 15 is 0 Å². The molecule has 1 heterocycles. The molecule has 0 aliphatic rings. The van der Waals surface area contributed by atoms with Crippen LogP contribution >= 0.6 is 11.6 Å². The number of nitrogens with zero attached hydrogens (tertiary/aromatic N) is 3. The predicted octanol–water partition coefficient (Wildman–Crippen LogP) is 3.17. The summed E-state index contributed by atoms with van der Waals surface area (Å²) in [7, 11) is 0. The summed E-state index contributed by atoms with van der Waals surface area (Å²) in [5.74, 6) is -0.549. The van der Waals surface area contributed by atoms with Gasteiger partial charge in [0.1, 0.15) is 17.3 Å². The van der Waals surface area contributed by atoms with Gasteiger partial charge in [0, 0.05) is 11.6 Å². The quantitative estimate of drug-likeness (QED) is 0.289. The molecule has 0 saturated carbocycles. The molecule has 0 unspecified atom stereocenters. The van der Waals surface area contributed by atoms with Gasteiger partial charge in [-0.3, -0.25) is 19.7 Å². The van der Waals surface area contributed by atoms with Crippen LogP contribution in [0.5, 0.6) is 5.75 Å². The predicted molar refractivity (Wildman–Crippen MR) is 111 cm³/mol. The van der Waals surface area contributed by atoms with Crippen LogP contribution < -0.4 is 10.1 Å². The number of nitro benzene ring substituents is 1. The fourth-order valence-electron chi connectivity index (χ4n) is 2.60. The van der Waals surface area contributed by atoms with Gasteiger partial charge >= 0.3 is 5.97 Å². The lowest BCUT2D eigenvalue weighted by molar-refractivity contribution is -0.384. The van der Waals surface area contributed by atoms with E-state index in [0.717, 1.165) is 6.07 Å². The van der Waals surface area contributed by atoms with Gasteiger partial charge in [0.2, 0.25) is 5.82 Å². The zero-order chi connectivity index (χ0) is 23.1. The number of amides is 1. The fourth-order valence-corrected chi connectivity index (χ4v) is 2.78. The number of benzene rings is 2. The third-order valence-electron chi connectivity index (χ3n) is 4.05. The van der Waals surface area contributed by atoms with Crippen molar-refractivity contribution in [1.82, 2.24) is 15.5 Å². The minimum atomic E-state index is -0.767. The van der Waals surface area contributed by atoms with Gasteiger partial charge in [0.15, 0.2) is 6.61 Å². The molecule has 3 aromatic rings. The maximum Gasteiger partial charge on any atom is 0.325 e. The highest BCUT2D eigenvalue weighted by atomic mass is 35.5. The molecular weight excluding hydrogens is 444 g/mol. The standard InChI is InChI=1S/C20H17ClN4O7/c1-2-30-16-6-4-3-5-13(16)19-23-17(32-24-19)11-31-18(26)10-22-20(27)12-7-8-14(21)15(9-12)25(28)29/h3-9H,2,10-11H2,1H3,(H,22,27). The summed E-state index contributed by atoms with van der Waals surface area (Å²) in [6, 6.07) is 10.7. The summed E-state index contributed by atoms with van der Waals surface area (Å²) in [6.07, 6.45) is 0. The molecular formula is C20H17ClN4O7. The van der Waals surface area contributed by atoms with Crippen LogP contribution in [-0.4, -0.2) is 40.1 Å². The molecule has 12 heteroatoms. The molecule has 0 aliphatic carbocycles. The molecule has 2 aromatic carbocycles. The van der Waals surface area contributed by atoms with Gasteiger partial charge in [0.05, 0.1) is 17.1 Å². The van der Waals surface area contributed by atoms with E-state index in [9.17, 15) is 19.7 Å². The van der Waals surface area contributed by atoms with Crippen LogP contribution in [0.15, 0.2) is 47.0 Å². The van der Waals surface area contributed by atoms with Crippen LogP contribution in [0, 0.1) is 10.1 Å². The van der Waals surface area contributed by atoms with Crippen molar-refractivity contribution in [3.05, 3.63) is 69.1 Å². The van der Waals surface area contributed by atoms with Crippen LogP contribution in [0.1, 0.15) is 23.2 Å². The topological polar surface area (TPSA) is 147 Å². The fraction of sp³-hybridized carbons (Fsp3) is 0.200. The first kappa shape index (κ1) is 22.7. The molecule has 1 amide bonds. The molecule has 0 spiro atoms. The largest absolute Gasteiger partial charge is 0.493 e. The molecule has 0 atom stereocenters. The Morgan fingerprint density at radius 3 is 2.78 bits per heavy atom. The molecule has 0 fully saturated rings. The second-order valence-electron chi connectivity index (χ2n) is 6.21. The Morgan fingerprint density at radius 2 is 2.03 bits per heavy atom. The SMILES string of the molecule is CCOc1ccccc1-c1noc(COC(=O)CNC(=O)c2ccc(Cl)c([N+](=O)[O-])c2)n1. The van der Waals surface area contributed by atoms with E-state index in [-0.39, 0.29) is 28.9 Å². The van der Waals surface area contributed by atoms with Crippen molar-refractivity contribution < 1.29 is 28.5 Å². The number of nitro groups is 1. The Morgan fingerprint density at radius 1 is 1.25 bits per heavy atom. The van der Waals surface area contributed by atoms with E-state index in [2.05, 4.69) is 15.5 Å². The second kappa shape index (κ2) is 10.4. The lowest BCUT2D eigenvalue weighted by Crippen LogP contribution is -2.30. The molecule has 0 saturated heterocycles. The van der Waals surface area contributed by atoms with Crippen molar-refractivity contribution in [3.63, 3.8) is 0 Å². The monoisotopic (exact) mass is 460 g/mol. The summed E-state index contributed by atoms with van der Waals surface area (Å²) in [5.41, 5.74) is 0.184. The highest BCUT2D eigenvalue weighted by Crippen LogP contribution is 2.27. The summed E-state index contributed by atoms with van der Waals surface area (Å²) >= 11 is 5.71. The smallest absolute Gasteiger partial charge is 0.325 e. The molecule has 0 aliphatic heterocycles. The van der Waals surface area contributed by atoms with Crippen molar-refractivity contribution in [1.29, 1.82) is 0 Å². The zero-order valence-electron chi connectivity index (χ0n) is 16.7. The number of halogens is 1. The highest BCUT2D eigenvalue weighted by molar-refractivity contribution is 6.32. The minimum absolute atomic E-state index is 0.0246. The third kappa shape index (κ3) is 5.58. The number of nitrogens with one attached hydrogen (secondary N) is 1. The molecule has 166 valence electrons. The van der Waals surface area contributed by atoms with Gasteiger partial charge in [-0.1, -0.05) is 28.9 Å². The van der Waals surface area contributed by atoms with E-state index in [0.29, 0.717) is 17.9 Å². The number of hydrogen-bond donors (Lipinski definition) is 1. The van der Waals surface area contributed by atoms with Gasteiger partial charge in [-0.05, 0) is 31.2 Å². The second-order valence-corrected chi connectivity index (χ2v) is 6.61. The van der Waals surface area contributed by atoms with Crippen molar-refractivity contribution in [3.8, 4) is 17.1 Å². The lowest BCUT2D eigenvalue weighted by atomic mass is 10.2. The first-order valence-corrected chi connectivity index (χ1v) is 9.69. The number of esters is 1. The van der Waals surface area contributed by atoms with Gasteiger partial charge in [0.25, 0.3) is 17.5 Å². The number of rotatable bonds is 9. The van der Waals surface area contributed by atoms with E-state index in [1.807, 2.05) is 13.0 Å². The number of aromatic nitrogens is 2. The van der Waals surface area contributed by atoms with Crippen molar-refractivity contribution in [2.45, 2.75) is 13.5 Å².